The van der Waals surface area contributed by atoms with Crippen LogP contribution in [-0.2, 0) is 9.47 Å². The van der Waals surface area contributed by atoms with E-state index < -0.39 is 0 Å². The second-order valence-corrected chi connectivity index (χ2v) is 5.66. The van der Waals surface area contributed by atoms with Crippen molar-refractivity contribution in [2.75, 3.05) is 14.2 Å². The van der Waals surface area contributed by atoms with Crippen molar-refractivity contribution in [3.63, 3.8) is 0 Å². The van der Waals surface area contributed by atoms with Gasteiger partial charge in [-0.2, -0.15) is 0 Å². The molecular formula is C15H23NO2. The van der Waals surface area contributed by atoms with Gasteiger partial charge in [-0.15, -0.1) is 0 Å². The summed E-state index contributed by atoms with van der Waals surface area (Å²) in [5.74, 6) is 0.992. The highest BCUT2D eigenvalue weighted by atomic mass is 16.5. The predicted molar refractivity (Wildman–Crippen MR) is 71.0 cm³/mol. The van der Waals surface area contributed by atoms with Crippen LogP contribution < -0.4 is 5.32 Å². The minimum absolute atomic E-state index is 0.0797. The Labute approximate surface area is 109 Å². The topological polar surface area (TPSA) is 30.5 Å². The zero-order valence-corrected chi connectivity index (χ0v) is 11.4. The second kappa shape index (κ2) is 4.71. The van der Waals surface area contributed by atoms with Crippen LogP contribution >= 0.6 is 0 Å². The number of allylic oxidation sites excluding steroid dienone is 2. The Morgan fingerprint density at radius 3 is 2.94 bits per heavy atom. The summed E-state index contributed by atoms with van der Waals surface area (Å²) >= 11 is 0. The van der Waals surface area contributed by atoms with Gasteiger partial charge in [0.2, 0.25) is 0 Å². The molecule has 0 aromatic heterocycles. The van der Waals surface area contributed by atoms with Gasteiger partial charge in [-0.1, -0.05) is 25.0 Å². The molecule has 1 saturated carbocycles. The maximum Gasteiger partial charge on any atom is 0.166 e. The van der Waals surface area contributed by atoms with E-state index in [0.717, 1.165) is 5.76 Å². The van der Waals surface area contributed by atoms with Crippen LogP contribution in [0.4, 0.5) is 0 Å². The highest BCUT2D eigenvalue weighted by Gasteiger charge is 2.49. The molecule has 3 nitrogen and oxygen atoms in total. The van der Waals surface area contributed by atoms with Crippen molar-refractivity contribution >= 4 is 0 Å². The second-order valence-electron chi connectivity index (χ2n) is 5.66. The number of hydrogen-bond donors (Lipinski definition) is 1. The Balaban J connectivity index is 2.09. The first-order valence-electron chi connectivity index (χ1n) is 7.06. The Morgan fingerprint density at radius 2 is 2.17 bits per heavy atom. The molecule has 1 spiro atoms. The first kappa shape index (κ1) is 12.2. The first-order chi connectivity index (χ1) is 8.81. The number of ether oxygens (including phenoxy) is 2. The zero-order chi connectivity index (χ0) is 12.6. The minimum atomic E-state index is -0.0797. The van der Waals surface area contributed by atoms with Gasteiger partial charge in [0.1, 0.15) is 5.76 Å². The molecule has 3 heteroatoms. The highest BCUT2D eigenvalue weighted by molar-refractivity contribution is 5.39. The third kappa shape index (κ3) is 1.64. The van der Waals surface area contributed by atoms with E-state index in [1.807, 2.05) is 0 Å². The summed E-state index contributed by atoms with van der Waals surface area (Å²) < 4.78 is 11.2. The van der Waals surface area contributed by atoms with Crippen LogP contribution in [0.1, 0.15) is 38.5 Å². The van der Waals surface area contributed by atoms with Crippen molar-refractivity contribution in [2.45, 2.75) is 50.8 Å². The molecule has 0 aromatic carbocycles. The Bertz CT molecular complexity index is 388. The lowest BCUT2D eigenvalue weighted by Crippen LogP contribution is -2.57. The predicted octanol–water partition coefficient (Wildman–Crippen LogP) is 2.74. The quantitative estimate of drug-likeness (QED) is 0.816. The lowest BCUT2D eigenvalue weighted by Gasteiger charge is -2.52. The average Bonchev–Trinajstić information content (AvgIpc) is 2.43. The maximum atomic E-state index is 5.65. The van der Waals surface area contributed by atoms with Crippen molar-refractivity contribution in [1.82, 2.24) is 5.32 Å². The molecule has 3 aliphatic rings. The van der Waals surface area contributed by atoms with Crippen molar-refractivity contribution in [1.29, 1.82) is 0 Å². The third-order valence-corrected chi connectivity index (χ3v) is 4.92. The van der Waals surface area contributed by atoms with Crippen molar-refractivity contribution < 1.29 is 9.47 Å². The lowest BCUT2D eigenvalue weighted by atomic mass is 9.60. The van der Waals surface area contributed by atoms with E-state index in [1.165, 1.54) is 44.1 Å². The van der Waals surface area contributed by atoms with Crippen LogP contribution in [0.15, 0.2) is 23.5 Å². The molecule has 0 radical (unpaired) electrons. The van der Waals surface area contributed by atoms with Crippen LogP contribution in [0.3, 0.4) is 0 Å². The van der Waals surface area contributed by atoms with Crippen molar-refractivity contribution in [2.24, 2.45) is 5.41 Å². The van der Waals surface area contributed by atoms with Gasteiger partial charge in [-0.3, -0.25) is 5.32 Å². The Morgan fingerprint density at radius 1 is 1.28 bits per heavy atom. The van der Waals surface area contributed by atoms with Gasteiger partial charge in [-0.25, -0.2) is 0 Å². The van der Waals surface area contributed by atoms with E-state index in [2.05, 4.69) is 17.5 Å². The van der Waals surface area contributed by atoms with Gasteiger partial charge in [0.05, 0.1) is 7.11 Å². The SMILES string of the molecule is COC1=C2C=CCCC23CCCCC3NC1OC. The average molecular weight is 249 g/mol. The van der Waals surface area contributed by atoms with Gasteiger partial charge in [0, 0.05) is 24.1 Å². The van der Waals surface area contributed by atoms with Crippen LogP contribution in [0.5, 0.6) is 0 Å². The molecule has 3 rings (SSSR count). The summed E-state index contributed by atoms with van der Waals surface area (Å²) in [5, 5.41) is 3.66. The van der Waals surface area contributed by atoms with Gasteiger partial charge >= 0.3 is 0 Å². The van der Waals surface area contributed by atoms with E-state index in [1.54, 1.807) is 14.2 Å². The fourth-order valence-electron chi connectivity index (χ4n) is 4.07. The van der Waals surface area contributed by atoms with Crippen molar-refractivity contribution in [3.8, 4) is 0 Å². The Hall–Kier alpha value is -0.800. The number of methoxy groups -OCH3 is 2. The summed E-state index contributed by atoms with van der Waals surface area (Å²) in [6, 6.07) is 0.551. The van der Waals surface area contributed by atoms with Crippen LogP contribution in [-0.4, -0.2) is 26.5 Å². The molecule has 100 valence electrons. The largest absolute Gasteiger partial charge is 0.497 e. The molecule has 1 heterocycles. The fourth-order valence-corrected chi connectivity index (χ4v) is 4.07. The van der Waals surface area contributed by atoms with Gasteiger partial charge in [0.25, 0.3) is 0 Å². The summed E-state index contributed by atoms with van der Waals surface area (Å²) in [7, 11) is 3.51. The zero-order valence-electron chi connectivity index (χ0n) is 11.4. The highest BCUT2D eigenvalue weighted by Crippen LogP contribution is 2.52. The molecule has 3 atom stereocenters. The molecule has 1 N–H and O–H groups in total. The van der Waals surface area contributed by atoms with Crippen LogP contribution in [0.25, 0.3) is 0 Å². The first-order valence-corrected chi connectivity index (χ1v) is 7.06. The molecular weight excluding hydrogens is 226 g/mol. The standard InChI is InChI=1S/C15H23NO2/c1-17-13-11-7-3-5-9-15(11)10-6-4-8-12(15)16-14(13)18-2/h3,7,12,14,16H,4-6,8-10H2,1-2H3. The summed E-state index contributed by atoms with van der Waals surface area (Å²) in [5.41, 5.74) is 1.69. The van der Waals surface area contributed by atoms with Gasteiger partial charge < -0.3 is 9.47 Å². The van der Waals surface area contributed by atoms with E-state index in [0.29, 0.717) is 11.5 Å². The van der Waals surface area contributed by atoms with E-state index >= 15 is 0 Å². The molecule has 18 heavy (non-hydrogen) atoms. The monoisotopic (exact) mass is 249 g/mol. The molecule has 0 bridgehead atoms. The minimum Gasteiger partial charge on any atom is -0.497 e. The smallest absolute Gasteiger partial charge is 0.166 e. The van der Waals surface area contributed by atoms with Gasteiger partial charge in [0.15, 0.2) is 6.23 Å². The molecule has 3 unspecified atom stereocenters. The van der Waals surface area contributed by atoms with Crippen LogP contribution in [0.2, 0.25) is 0 Å². The molecule has 1 fully saturated rings. The van der Waals surface area contributed by atoms with E-state index in [4.69, 9.17) is 9.47 Å². The van der Waals surface area contributed by atoms with Gasteiger partial charge in [-0.05, 0) is 25.7 Å². The maximum absolute atomic E-state index is 5.65. The molecule has 0 saturated heterocycles. The van der Waals surface area contributed by atoms with Crippen molar-refractivity contribution in [3.05, 3.63) is 23.5 Å². The number of rotatable bonds is 2. The number of nitrogens with one attached hydrogen (secondary N) is 1. The molecule has 0 aromatic rings. The molecule has 0 amide bonds. The summed E-state index contributed by atoms with van der Waals surface area (Å²) in [6.07, 6.45) is 12.1. The van der Waals surface area contributed by atoms with E-state index in [-0.39, 0.29) is 6.23 Å². The van der Waals surface area contributed by atoms with Crippen LogP contribution in [0, 0.1) is 5.41 Å². The fraction of sp³-hybridized carbons (Fsp3) is 0.733. The van der Waals surface area contributed by atoms with E-state index in [9.17, 15) is 0 Å². The third-order valence-electron chi connectivity index (χ3n) is 4.92. The lowest BCUT2D eigenvalue weighted by molar-refractivity contribution is -0.00569. The Kier molecular flexibility index (Phi) is 3.20. The normalized spacial score (nSPS) is 39.2. The molecule has 1 aliphatic heterocycles. The molecule has 2 aliphatic carbocycles. The summed E-state index contributed by atoms with van der Waals surface area (Å²) in [4.78, 5) is 0. The number of hydrogen-bond acceptors (Lipinski definition) is 3. The summed E-state index contributed by atoms with van der Waals surface area (Å²) in [6.45, 7) is 0.